The number of rotatable bonds is 3. The van der Waals surface area contributed by atoms with E-state index in [2.05, 4.69) is 32.6 Å². The highest BCUT2D eigenvalue weighted by Crippen LogP contribution is 1.99. The van der Waals surface area contributed by atoms with Crippen molar-refractivity contribution in [1.82, 2.24) is 9.97 Å². The summed E-state index contributed by atoms with van der Waals surface area (Å²) in [6.07, 6.45) is 3.26. The van der Waals surface area contributed by atoms with E-state index in [1.165, 1.54) is 0 Å². The smallest absolute Gasteiger partial charge is 0.137 e. The number of nitrogens with zero attached hydrogens (tertiary/aromatic N) is 5. The van der Waals surface area contributed by atoms with Crippen molar-refractivity contribution in [3.8, 4) is 0 Å². The Hall–Kier alpha value is -1.26. The van der Waals surface area contributed by atoms with Gasteiger partial charge >= 0.3 is 0 Å². The summed E-state index contributed by atoms with van der Waals surface area (Å²) in [5.74, 6) is 1.19. The topological polar surface area (TPSA) is 74.5 Å². The van der Waals surface area contributed by atoms with E-state index in [0.29, 0.717) is 18.1 Å². The lowest BCUT2D eigenvalue weighted by Gasteiger charge is -1.95. The molecule has 5 nitrogen and oxygen atoms in total. The Morgan fingerprint density at radius 1 is 1.50 bits per heavy atom. The molecule has 1 aromatic heterocycles. The van der Waals surface area contributed by atoms with E-state index in [-0.39, 0.29) is 0 Å². The lowest BCUT2D eigenvalue weighted by atomic mass is 10.3. The van der Waals surface area contributed by atoms with Gasteiger partial charge in [0.05, 0.1) is 12.3 Å². The lowest BCUT2D eigenvalue weighted by molar-refractivity contribution is 0.954. The lowest BCUT2D eigenvalue weighted by Crippen LogP contribution is -1.92. The van der Waals surface area contributed by atoms with Crippen LogP contribution in [0.3, 0.4) is 0 Å². The van der Waals surface area contributed by atoms with Crippen molar-refractivity contribution in [2.45, 2.75) is 12.3 Å². The molecule has 0 aliphatic rings. The van der Waals surface area contributed by atoms with Gasteiger partial charge in [0.25, 0.3) is 0 Å². The van der Waals surface area contributed by atoms with Crippen LogP contribution in [0.4, 0.5) is 0 Å². The van der Waals surface area contributed by atoms with Crippen LogP contribution in [-0.2, 0) is 12.3 Å². The molecule has 0 amide bonds. The molecule has 0 aliphatic heterocycles. The molecule has 0 aromatic carbocycles. The first-order valence-corrected chi connectivity index (χ1v) is 3.91. The molecule has 0 N–H and O–H groups in total. The van der Waals surface area contributed by atoms with Crippen LogP contribution in [0.5, 0.6) is 0 Å². The van der Waals surface area contributed by atoms with Gasteiger partial charge in [0.2, 0.25) is 0 Å². The van der Waals surface area contributed by atoms with Crippen molar-refractivity contribution >= 4 is 12.6 Å². The van der Waals surface area contributed by atoms with Crippen molar-refractivity contribution in [1.29, 1.82) is 0 Å². The largest absolute Gasteiger partial charge is 0.240 e. The minimum absolute atomic E-state index is 0.295. The Labute approximate surface area is 74.9 Å². The zero-order valence-corrected chi connectivity index (χ0v) is 7.15. The third-order valence-corrected chi connectivity index (χ3v) is 1.50. The zero-order valence-electron chi connectivity index (χ0n) is 6.25. The van der Waals surface area contributed by atoms with E-state index in [0.717, 1.165) is 5.56 Å². The fourth-order valence-electron chi connectivity index (χ4n) is 0.658. The van der Waals surface area contributed by atoms with E-state index in [4.69, 9.17) is 5.53 Å². The van der Waals surface area contributed by atoms with Gasteiger partial charge in [-0.25, -0.2) is 9.97 Å². The van der Waals surface area contributed by atoms with Crippen molar-refractivity contribution in [2.24, 2.45) is 5.11 Å². The molecule has 1 heterocycles. The quantitative estimate of drug-likeness (QED) is 0.333. The Kier molecular flexibility index (Phi) is 3.37. The van der Waals surface area contributed by atoms with Gasteiger partial charge in [0, 0.05) is 17.3 Å². The van der Waals surface area contributed by atoms with E-state index >= 15 is 0 Å². The molecular weight excluding hydrogens is 174 g/mol. The molecule has 0 saturated carbocycles. The van der Waals surface area contributed by atoms with Crippen molar-refractivity contribution < 1.29 is 0 Å². The van der Waals surface area contributed by atoms with E-state index in [1.807, 2.05) is 0 Å². The summed E-state index contributed by atoms with van der Waals surface area (Å²) >= 11 is 4.01. The summed E-state index contributed by atoms with van der Waals surface area (Å²) in [5.41, 5.74) is 8.84. The van der Waals surface area contributed by atoms with Gasteiger partial charge in [-0.05, 0) is 11.1 Å². The van der Waals surface area contributed by atoms with E-state index in [9.17, 15) is 0 Å². The SMILES string of the molecule is [N-]=[N+]=NCc1cnc(CS)nc1. The van der Waals surface area contributed by atoms with Crippen LogP contribution in [0.25, 0.3) is 10.4 Å². The number of hydrogen-bond acceptors (Lipinski definition) is 4. The molecule has 0 spiro atoms. The third kappa shape index (κ3) is 2.41. The van der Waals surface area contributed by atoms with Crippen LogP contribution in [0.1, 0.15) is 11.4 Å². The molecule has 6 heteroatoms. The Balaban J connectivity index is 2.70. The molecule has 62 valence electrons. The summed E-state index contributed by atoms with van der Waals surface area (Å²) in [5, 5.41) is 3.38. The summed E-state index contributed by atoms with van der Waals surface area (Å²) in [6.45, 7) is 0.295. The average molecular weight is 181 g/mol. The number of hydrogen-bond donors (Lipinski definition) is 1. The molecule has 0 fully saturated rings. The first-order valence-electron chi connectivity index (χ1n) is 3.28. The summed E-state index contributed by atoms with van der Waals surface area (Å²) < 4.78 is 0. The molecular formula is C6H7N5S. The molecule has 0 radical (unpaired) electrons. The Morgan fingerprint density at radius 3 is 2.67 bits per heavy atom. The van der Waals surface area contributed by atoms with E-state index in [1.54, 1.807) is 12.4 Å². The number of aromatic nitrogens is 2. The Morgan fingerprint density at radius 2 is 2.17 bits per heavy atom. The molecule has 1 aromatic rings. The van der Waals surface area contributed by atoms with E-state index < -0.39 is 0 Å². The second kappa shape index (κ2) is 4.58. The molecule has 12 heavy (non-hydrogen) atoms. The predicted molar refractivity (Wildman–Crippen MR) is 47.6 cm³/mol. The van der Waals surface area contributed by atoms with Gasteiger partial charge in [-0.3, -0.25) is 0 Å². The molecule has 1 rings (SSSR count). The molecule has 0 aliphatic carbocycles. The standard InChI is InChI=1S/C6H7N5S/c7-11-10-3-5-1-8-6(4-12)9-2-5/h1-2,12H,3-4H2. The van der Waals surface area contributed by atoms with Gasteiger partial charge in [0.1, 0.15) is 5.82 Å². The fourth-order valence-corrected chi connectivity index (χ4v) is 0.821. The minimum Gasteiger partial charge on any atom is -0.240 e. The first kappa shape index (κ1) is 8.83. The maximum Gasteiger partial charge on any atom is 0.137 e. The monoisotopic (exact) mass is 181 g/mol. The van der Waals surface area contributed by atoms with Crippen molar-refractivity contribution in [2.75, 3.05) is 0 Å². The van der Waals surface area contributed by atoms with Gasteiger partial charge < -0.3 is 0 Å². The molecule has 0 unspecified atom stereocenters. The summed E-state index contributed by atoms with van der Waals surface area (Å²) in [7, 11) is 0. The fraction of sp³-hybridized carbons (Fsp3) is 0.333. The van der Waals surface area contributed by atoms with Gasteiger partial charge in [-0.1, -0.05) is 5.11 Å². The third-order valence-electron chi connectivity index (χ3n) is 1.22. The highest BCUT2D eigenvalue weighted by molar-refractivity contribution is 7.79. The van der Waals surface area contributed by atoms with Gasteiger partial charge in [0.15, 0.2) is 0 Å². The highest BCUT2D eigenvalue weighted by Gasteiger charge is 1.93. The van der Waals surface area contributed by atoms with Crippen LogP contribution in [0, 0.1) is 0 Å². The second-order valence-electron chi connectivity index (χ2n) is 2.05. The Bertz CT molecular complexity index is 289. The van der Waals surface area contributed by atoms with Gasteiger partial charge in [-0.2, -0.15) is 12.6 Å². The molecule has 0 saturated heterocycles. The predicted octanol–water partition coefficient (Wildman–Crippen LogP) is 1.72. The minimum atomic E-state index is 0.295. The highest BCUT2D eigenvalue weighted by atomic mass is 32.1. The van der Waals surface area contributed by atoms with Crippen LogP contribution in [0.15, 0.2) is 17.5 Å². The van der Waals surface area contributed by atoms with Crippen LogP contribution in [-0.4, -0.2) is 9.97 Å². The second-order valence-corrected chi connectivity index (χ2v) is 2.37. The maximum atomic E-state index is 8.03. The van der Waals surface area contributed by atoms with Crippen molar-refractivity contribution in [3.05, 3.63) is 34.2 Å². The number of thiol groups is 1. The summed E-state index contributed by atoms with van der Waals surface area (Å²) in [4.78, 5) is 10.6. The van der Waals surface area contributed by atoms with Gasteiger partial charge in [-0.15, -0.1) is 0 Å². The zero-order chi connectivity index (χ0) is 8.81. The van der Waals surface area contributed by atoms with Crippen LogP contribution >= 0.6 is 12.6 Å². The molecule has 0 bridgehead atoms. The normalized spacial score (nSPS) is 9.08. The maximum absolute atomic E-state index is 8.03. The average Bonchev–Trinajstić information content (AvgIpc) is 2.15. The van der Waals surface area contributed by atoms with Crippen LogP contribution in [0.2, 0.25) is 0 Å². The summed E-state index contributed by atoms with van der Waals surface area (Å²) in [6, 6.07) is 0. The molecule has 0 atom stereocenters. The van der Waals surface area contributed by atoms with Crippen molar-refractivity contribution in [3.63, 3.8) is 0 Å². The first-order chi connectivity index (χ1) is 5.86. The number of azide groups is 1. The van der Waals surface area contributed by atoms with Crippen LogP contribution < -0.4 is 0 Å².